The van der Waals surface area contributed by atoms with Crippen LogP contribution < -0.4 is 0 Å². The van der Waals surface area contributed by atoms with Crippen LogP contribution in [0.25, 0.3) is 0 Å². The van der Waals surface area contributed by atoms with Crippen LogP contribution in [0.15, 0.2) is 36.0 Å². The van der Waals surface area contributed by atoms with Crippen LogP contribution in [0.2, 0.25) is 0 Å². The Kier molecular flexibility index (Phi) is 8.88. The van der Waals surface area contributed by atoms with Crippen LogP contribution >= 0.6 is 0 Å². The van der Waals surface area contributed by atoms with Gasteiger partial charge in [0.05, 0.1) is 0 Å². The molecule has 0 aromatic heterocycles. The molecule has 2 aliphatic carbocycles. The van der Waals surface area contributed by atoms with Crippen LogP contribution in [-0.2, 0) is 19.5 Å². The second-order valence-electron chi connectivity index (χ2n) is 3.16. The Labute approximate surface area is 100 Å². The second-order valence-corrected chi connectivity index (χ2v) is 3.16. The molecule has 0 N–H and O–H groups in total. The molecule has 0 radical (unpaired) electrons. The Hall–Kier alpha value is -0.417. The molecule has 14 heavy (non-hydrogen) atoms. The SMILES string of the molecule is CC1=[C-]CC=C1.[C-]1=CC=CCCC1.[Ru+2]. The third-order valence-electron chi connectivity index (χ3n) is 1.91. The van der Waals surface area contributed by atoms with E-state index in [2.05, 4.69) is 43.4 Å². The second kappa shape index (κ2) is 9.15. The van der Waals surface area contributed by atoms with Crippen molar-refractivity contribution in [3.63, 3.8) is 0 Å². The predicted molar refractivity (Wildman–Crippen MR) is 57.0 cm³/mol. The van der Waals surface area contributed by atoms with Crippen molar-refractivity contribution >= 4 is 0 Å². The summed E-state index contributed by atoms with van der Waals surface area (Å²) in [5.41, 5.74) is 1.27. The molecule has 0 amide bonds. The molecule has 0 heterocycles. The Balaban J connectivity index is 0.000000227. The first-order valence-corrected chi connectivity index (χ1v) is 4.85. The summed E-state index contributed by atoms with van der Waals surface area (Å²) in [6.45, 7) is 2.06. The third-order valence-corrected chi connectivity index (χ3v) is 1.91. The van der Waals surface area contributed by atoms with E-state index in [1.165, 1.54) is 18.4 Å². The Morgan fingerprint density at radius 3 is 2.71 bits per heavy atom. The molecule has 0 aromatic rings. The fourth-order valence-electron chi connectivity index (χ4n) is 1.15. The van der Waals surface area contributed by atoms with Crippen molar-refractivity contribution in [2.45, 2.75) is 32.6 Å². The zero-order valence-electron chi connectivity index (χ0n) is 8.57. The van der Waals surface area contributed by atoms with Crippen molar-refractivity contribution in [3.8, 4) is 0 Å². The van der Waals surface area contributed by atoms with Gasteiger partial charge in [0.25, 0.3) is 0 Å². The first-order chi connectivity index (χ1) is 6.39. The molecule has 0 unspecified atom stereocenters. The zero-order valence-corrected chi connectivity index (χ0v) is 10.3. The van der Waals surface area contributed by atoms with Crippen molar-refractivity contribution in [2.24, 2.45) is 0 Å². The average molecular weight is 273 g/mol. The summed E-state index contributed by atoms with van der Waals surface area (Å²) < 4.78 is 0. The van der Waals surface area contributed by atoms with Crippen LogP contribution in [0.5, 0.6) is 0 Å². The third kappa shape index (κ3) is 7.03. The van der Waals surface area contributed by atoms with Crippen molar-refractivity contribution in [3.05, 3.63) is 48.1 Å². The summed E-state index contributed by atoms with van der Waals surface area (Å²) in [4.78, 5) is 0. The molecular formula is C13H16Ru. The molecular weight excluding hydrogens is 257 g/mol. The van der Waals surface area contributed by atoms with Crippen LogP contribution in [-0.4, -0.2) is 0 Å². The number of hydrogen-bond donors (Lipinski definition) is 0. The Bertz CT molecular complexity index is 229. The molecule has 0 saturated heterocycles. The van der Waals surface area contributed by atoms with E-state index in [0.717, 1.165) is 12.8 Å². The van der Waals surface area contributed by atoms with Gasteiger partial charge in [0.15, 0.2) is 0 Å². The van der Waals surface area contributed by atoms with Crippen molar-refractivity contribution in [1.82, 2.24) is 0 Å². The summed E-state index contributed by atoms with van der Waals surface area (Å²) in [6.07, 6.45) is 21.3. The number of allylic oxidation sites excluding steroid dienone is 8. The van der Waals surface area contributed by atoms with Crippen molar-refractivity contribution < 1.29 is 19.5 Å². The average Bonchev–Trinajstić information content (AvgIpc) is 2.48. The maximum Gasteiger partial charge on any atom is 2.00 e. The predicted octanol–water partition coefficient (Wildman–Crippen LogP) is 3.78. The van der Waals surface area contributed by atoms with Gasteiger partial charge in [0.2, 0.25) is 0 Å². The molecule has 0 bridgehead atoms. The van der Waals surface area contributed by atoms with E-state index in [1.807, 2.05) is 6.08 Å². The topological polar surface area (TPSA) is 0 Å². The summed E-state index contributed by atoms with van der Waals surface area (Å²) in [5.74, 6) is 0. The molecule has 0 fully saturated rings. The number of hydrogen-bond acceptors (Lipinski definition) is 0. The molecule has 2 rings (SSSR count). The van der Waals surface area contributed by atoms with Gasteiger partial charge in [-0.1, -0.05) is 19.8 Å². The van der Waals surface area contributed by atoms with Crippen LogP contribution in [0.3, 0.4) is 0 Å². The van der Waals surface area contributed by atoms with E-state index in [9.17, 15) is 0 Å². The zero-order chi connectivity index (χ0) is 9.36. The quantitative estimate of drug-likeness (QED) is 0.465. The van der Waals surface area contributed by atoms with Gasteiger partial charge in [0, 0.05) is 0 Å². The maximum absolute atomic E-state index is 3.14. The molecule has 0 spiro atoms. The van der Waals surface area contributed by atoms with E-state index in [4.69, 9.17) is 0 Å². The molecule has 0 aromatic carbocycles. The first-order valence-electron chi connectivity index (χ1n) is 4.85. The van der Waals surface area contributed by atoms with Gasteiger partial charge in [0.1, 0.15) is 0 Å². The van der Waals surface area contributed by atoms with Gasteiger partial charge < -0.3 is 0 Å². The van der Waals surface area contributed by atoms with Gasteiger partial charge >= 0.3 is 19.5 Å². The van der Waals surface area contributed by atoms with E-state index in [1.54, 1.807) is 0 Å². The fraction of sp³-hybridized carbons (Fsp3) is 0.385. The van der Waals surface area contributed by atoms with Crippen LogP contribution in [0, 0.1) is 12.2 Å². The molecule has 2 aliphatic rings. The Morgan fingerprint density at radius 1 is 1.29 bits per heavy atom. The molecule has 1 heteroatoms. The summed E-state index contributed by atoms with van der Waals surface area (Å²) in [7, 11) is 0. The standard InChI is InChI=1S/C7H9.C6H7.Ru/c1-2-4-6-7-5-3-1;1-6-4-2-3-5-6;/h1-3H,4,6-7H2;2,4H,3H2,1H3;/q2*-1;+2. The molecule has 0 aliphatic heterocycles. The Morgan fingerprint density at radius 2 is 2.14 bits per heavy atom. The van der Waals surface area contributed by atoms with E-state index < -0.39 is 0 Å². The minimum atomic E-state index is 0. The first kappa shape index (κ1) is 13.6. The molecule has 76 valence electrons. The van der Waals surface area contributed by atoms with Gasteiger partial charge in [-0.15, -0.1) is 12.8 Å². The molecule has 0 saturated carbocycles. The summed E-state index contributed by atoms with van der Waals surface area (Å²) >= 11 is 0. The molecule has 0 nitrogen and oxygen atoms in total. The van der Waals surface area contributed by atoms with Gasteiger partial charge in [-0.2, -0.15) is 12.2 Å². The smallest absolute Gasteiger partial charge is 0.275 e. The largest absolute Gasteiger partial charge is 2.00 e. The van der Waals surface area contributed by atoms with Gasteiger partial charge in [-0.3, -0.25) is 12.2 Å². The van der Waals surface area contributed by atoms with Gasteiger partial charge in [-0.05, 0) is 0 Å². The minimum absolute atomic E-state index is 0. The van der Waals surface area contributed by atoms with E-state index >= 15 is 0 Å². The normalized spacial score (nSPS) is 17.6. The van der Waals surface area contributed by atoms with Gasteiger partial charge in [-0.25, -0.2) is 23.8 Å². The molecule has 0 atom stereocenters. The van der Waals surface area contributed by atoms with Crippen molar-refractivity contribution in [2.75, 3.05) is 0 Å². The summed E-state index contributed by atoms with van der Waals surface area (Å²) in [6, 6.07) is 0. The fourth-order valence-corrected chi connectivity index (χ4v) is 1.15. The van der Waals surface area contributed by atoms with Crippen molar-refractivity contribution in [1.29, 1.82) is 0 Å². The van der Waals surface area contributed by atoms with E-state index in [-0.39, 0.29) is 19.5 Å². The number of rotatable bonds is 0. The van der Waals surface area contributed by atoms with Crippen LogP contribution in [0.1, 0.15) is 32.6 Å². The monoisotopic (exact) mass is 274 g/mol. The summed E-state index contributed by atoms with van der Waals surface area (Å²) in [5, 5.41) is 0. The van der Waals surface area contributed by atoms with Crippen LogP contribution in [0.4, 0.5) is 0 Å². The maximum atomic E-state index is 3.14. The minimum Gasteiger partial charge on any atom is -0.275 e. The van der Waals surface area contributed by atoms with E-state index in [0.29, 0.717) is 0 Å².